The van der Waals surface area contributed by atoms with Crippen molar-refractivity contribution in [3.8, 4) is 0 Å². The van der Waals surface area contributed by atoms with E-state index in [-0.39, 0.29) is 17.2 Å². The van der Waals surface area contributed by atoms with E-state index < -0.39 is 0 Å². The molecule has 1 fully saturated rings. The van der Waals surface area contributed by atoms with Gasteiger partial charge in [0.2, 0.25) is 5.91 Å². The molecule has 18 heavy (non-hydrogen) atoms. The minimum atomic E-state index is 0.0865. The second-order valence-corrected chi connectivity index (χ2v) is 6.84. The maximum absolute atomic E-state index is 12.3. The molecule has 1 amide bonds. The minimum Gasteiger partial charge on any atom is -0.325 e. The van der Waals surface area contributed by atoms with Crippen LogP contribution in [0.15, 0.2) is 22.7 Å². The van der Waals surface area contributed by atoms with Gasteiger partial charge in [-0.3, -0.25) is 4.79 Å². The Labute approximate surface area is 121 Å². The lowest BCUT2D eigenvalue weighted by Gasteiger charge is -2.26. The first-order valence-electron chi connectivity index (χ1n) is 6.16. The Morgan fingerprint density at radius 2 is 2.22 bits per heavy atom. The number of anilines is 1. The number of carbonyl (C=O) groups is 1. The molecule has 1 unspecified atom stereocenters. The lowest BCUT2D eigenvalue weighted by atomic mass is 9.81. The summed E-state index contributed by atoms with van der Waals surface area (Å²) < 4.78 is 0.857. The van der Waals surface area contributed by atoms with Crippen LogP contribution in [0.5, 0.6) is 0 Å². The van der Waals surface area contributed by atoms with Gasteiger partial charge in [-0.1, -0.05) is 31.9 Å². The summed E-state index contributed by atoms with van der Waals surface area (Å²) in [4.78, 5) is 12.3. The number of amides is 1. The SMILES string of the molecule is CC1(C)CCCC1C(=O)Nc1cc(Cl)ccc1Br. The maximum Gasteiger partial charge on any atom is 0.228 e. The fourth-order valence-electron chi connectivity index (χ4n) is 2.63. The summed E-state index contributed by atoms with van der Waals surface area (Å²) in [6.07, 6.45) is 3.21. The molecule has 0 saturated heterocycles. The van der Waals surface area contributed by atoms with E-state index in [0.717, 1.165) is 29.4 Å². The Morgan fingerprint density at radius 3 is 2.83 bits per heavy atom. The number of hydrogen-bond donors (Lipinski definition) is 1. The average Bonchev–Trinajstić information content (AvgIpc) is 2.63. The summed E-state index contributed by atoms with van der Waals surface area (Å²) in [5.41, 5.74) is 0.838. The molecule has 0 aromatic heterocycles. The summed E-state index contributed by atoms with van der Waals surface area (Å²) in [7, 11) is 0. The third-order valence-corrected chi connectivity index (χ3v) is 4.69. The van der Waals surface area contributed by atoms with E-state index in [1.165, 1.54) is 0 Å². The lowest BCUT2D eigenvalue weighted by molar-refractivity contribution is -0.122. The molecule has 0 radical (unpaired) electrons. The third-order valence-electron chi connectivity index (χ3n) is 3.76. The van der Waals surface area contributed by atoms with E-state index in [9.17, 15) is 4.79 Å². The third kappa shape index (κ3) is 2.89. The van der Waals surface area contributed by atoms with Crippen molar-refractivity contribution in [2.45, 2.75) is 33.1 Å². The van der Waals surface area contributed by atoms with Crippen LogP contribution in [0, 0.1) is 11.3 Å². The fourth-order valence-corrected chi connectivity index (χ4v) is 3.14. The van der Waals surface area contributed by atoms with Gasteiger partial charge in [-0.25, -0.2) is 0 Å². The van der Waals surface area contributed by atoms with Crippen LogP contribution in [0.2, 0.25) is 5.02 Å². The molecule has 2 nitrogen and oxygen atoms in total. The molecule has 1 aliphatic rings. The lowest BCUT2D eigenvalue weighted by Crippen LogP contribution is -2.30. The van der Waals surface area contributed by atoms with Crippen LogP contribution >= 0.6 is 27.5 Å². The molecule has 1 N–H and O–H groups in total. The molecular formula is C14H17BrClNO. The first-order valence-corrected chi connectivity index (χ1v) is 7.33. The highest BCUT2D eigenvalue weighted by Gasteiger charge is 2.39. The first kappa shape index (κ1) is 13.9. The molecule has 0 bridgehead atoms. The number of nitrogens with one attached hydrogen (secondary N) is 1. The Bertz CT molecular complexity index is 473. The monoisotopic (exact) mass is 329 g/mol. The Kier molecular flexibility index (Phi) is 4.02. The maximum atomic E-state index is 12.3. The fraction of sp³-hybridized carbons (Fsp3) is 0.500. The zero-order valence-electron chi connectivity index (χ0n) is 10.6. The van der Waals surface area contributed by atoms with Gasteiger partial charge in [0.1, 0.15) is 0 Å². The van der Waals surface area contributed by atoms with Gasteiger partial charge < -0.3 is 5.32 Å². The van der Waals surface area contributed by atoms with Crippen molar-refractivity contribution in [3.05, 3.63) is 27.7 Å². The summed E-state index contributed by atoms with van der Waals surface area (Å²) in [5.74, 6) is 0.184. The van der Waals surface area contributed by atoms with Gasteiger partial charge in [0.25, 0.3) is 0 Å². The molecule has 98 valence electrons. The van der Waals surface area contributed by atoms with E-state index >= 15 is 0 Å². The van der Waals surface area contributed by atoms with E-state index in [0.29, 0.717) is 5.02 Å². The molecule has 1 aromatic rings. The van der Waals surface area contributed by atoms with Crippen LogP contribution in [0.4, 0.5) is 5.69 Å². The quantitative estimate of drug-likeness (QED) is 0.823. The van der Waals surface area contributed by atoms with Crippen molar-refractivity contribution in [1.82, 2.24) is 0 Å². The first-order chi connectivity index (χ1) is 8.40. The standard InChI is InChI=1S/C14H17BrClNO/c1-14(2)7-3-4-10(14)13(18)17-12-8-9(16)5-6-11(12)15/h5-6,8,10H,3-4,7H2,1-2H3,(H,17,18). The van der Waals surface area contributed by atoms with Crippen LogP contribution in [0.1, 0.15) is 33.1 Å². The van der Waals surface area contributed by atoms with Crippen LogP contribution in [-0.2, 0) is 4.79 Å². The smallest absolute Gasteiger partial charge is 0.228 e. The molecule has 1 aliphatic carbocycles. The van der Waals surface area contributed by atoms with Gasteiger partial charge in [0.15, 0.2) is 0 Å². The zero-order valence-corrected chi connectivity index (χ0v) is 12.9. The topological polar surface area (TPSA) is 29.1 Å². The highest BCUT2D eigenvalue weighted by molar-refractivity contribution is 9.10. The van der Waals surface area contributed by atoms with Gasteiger partial charge in [-0.2, -0.15) is 0 Å². The van der Waals surface area contributed by atoms with Gasteiger partial charge in [0.05, 0.1) is 5.69 Å². The Balaban J connectivity index is 2.14. The zero-order chi connectivity index (χ0) is 13.3. The average molecular weight is 331 g/mol. The van der Waals surface area contributed by atoms with Crippen molar-refractivity contribution in [2.75, 3.05) is 5.32 Å². The number of carbonyl (C=O) groups excluding carboxylic acids is 1. The summed E-state index contributed by atoms with van der Waals surface area (Å²) >= 11 is 9.37. The summed E-state index contributed by atoms with van der Waals surface area (Å²) in [6.45, 7) is 4.33. The van der Waals surface area contributed by atoms with Gasteiger partial charge in [0, 0.05) is 15.4 Å². The second-order valence-electron chi connectivity index (χ2n) is 5.55. The second kappa shape index (κ2) is 5.22. The molecule has 2 rings (SSSR count). The predicted octanol–water partition coefficient (Wildman–Crippen LogP) is 4.87. The summed E-state index contributed by atoms with van der Waals surface area (Å²) in [6, 6.07) is 5.41. The van der Waals surface area contributed by atoms with Crippen molar-refractivity contribution < 1.29 is 4.79 Å². The molecule has 1 atom stereocenters. The van der Waals surface area contributed by atoms with Gasteiger partial charge in [-0.05, 0) is 52.4 Å². The van der Waals surface area contributed by atoms with E-state index in [4.69, 9.17) is 11.6 Å². The van der Waals surface area contributed by atoms with Crippen LogP contribution in [0.3, 0.4) is 0 Å². The van der Waals surface area contributed by atoms with Crippen molar-refractivity contribution in [3.63, 3.8) is 0 Å². The van der Waals surface area contributed by atoms with Gasteiger partial charge in [-0.15, -0.1) is 0 Å². The van der Waals surface area contributed by atoms with Crippen LogP contribution in [-0.4, -0.2) is 5.91 Å². The van der Waals surface area contributed by atoms with Gasteiger partial charge >= 0.3 is 0 Å². The van der Waals surface area contributed by atoms with E-state index in [1.54, 1.807) is 12.1 Å². The number of rotatable bonds is 2. The summed E-state index contributed by atoms with van der Waals surface area (Å²) in [5, 5.41) is 3.60. The highest BCUT2D eigenvalue weighted by Crippen LogP contribution is 2.43. The largest absolute Gasteiger partial charge is 0.325 e. The highest BCUT2D eigenvalue weighted by atomic mass is 79.9. The minimum absolute atomic E-state index is 0.0865. The van der Waals surface area contributed by atoms with Crippen molar-refractivity contribution in [1.29, 1.82) is 0 Å². The molecule has 1 aromatic carbocycles. The number of halogens is 2. The van der Waals surface area contributed by atoms with Crippen LogP contribution < -0.4 is 5.32 Å². The normalized spacial score (nSPS) is 21.9. The van der Waals surface area contributed by atoms with E-state index in [2.05, 4.69) is 35.1 Å². The molecule has 0 heterocycles. The van der Waals surface area contributed by atoms with Crippen LogP contribution in [0.25, 0.3) is 0 Å². The molecule has 1 saturated carbocycles. The molecule has 4 heteroatoms. The Morgan fingerprint density at radius 1 is 1.50 bits per heavy atom. The Hall–Kier alpha value is -0.540. The number of hydrogen-bond acceptors (Lipinski definition) is 1. The number of benzene rings is 1. The van der Waals surface area contributed by atoms with Crippen molar-refractivity contribution >= 4 is 39.1 Å². The molecular weight excluding hydrogens is 314 g/mol. The molecule has 0 aliphatic heterocycles. The van der Waals surface area contributed by atoms with Crippen molar-refractivity contribution in [2.24, 2.45) is 11.3 Å². The van der Waals surface area contributed by atoms with E-state index in [1.807, 2.05) is 6.07 Å². The molecule has 0 spiro atoms. The predicted molar refractivity (Wildman–Crippen MR) is 78.9 cm³/mol.